The number of aliphatic carboxylic acids is 1. The van der Waals surface area contributed by atoms with Crippen LogP contribution in [0.2, 0.25) is 0 Å². The van der Waals surface area contributed by atoms with Crippen LogP contribution in [-0.4, -0.2) is 24.3 Å². The van der Waals surface area contributed by atoms with Crippen molar-refractivity contribution in [2.24, 2.45) is 17.8 Å². The van der Waals surface area contributed by atoms with Gasteiger partial charge in [0.05, 0.1) is 0 Å². The number of carbonyl (C=O) groups is 1. The van der Waals surface area contributed by atoms with Crippen molar-refractivity contribution in [1.29, 1.82) is 0 Å². The first kappa shape index (κ1) is 19.4. The van der Waals surface area contributed by atoms with E-state index >= 15 is 0 Å². The highest BCUT2D eigenvalue weighted by Crippen LogP contribution is 2.27. The topological polar surface area (TPSA) is 46.5 Å². The average Bonchev–Trinajstić information content (AvgIpc) is 2.37. The zero-order valence-corrected chi connectivity index (χ0v) is 13.9. The Bertz CT molecular complexity index is 240. The van der Waals surface area contributed by atoms with Gasteiger partial charge in [-0.1, -0.05) is 47.0 Å². The summed E-state index contributed by atoms with van der Waals surface area (Å²) in [7, 11) is 0. The summed E-state index contributed by atoms with van der Waals surface area (Å²) in [6.07, 6.45) is 8.56. The third-order valence-electron chi connectivity index (χ3n) is 4.08. The number of carboxylic acids is 1. The van der Waals surface area contributed by atoms with E-state index < -0.39 is 5.97 Å². The Balaban J connectivity index is 4.00. The Morgan fingerprint density at radius 3 is 2.30 bits per heavy atom. The fourth-order valence-electron chi connectivity index (χ4n) is 2.88. The van der Waals surface area contributed by atoms with Crippen LogP contribution in [0.4, 0.5) is 0 Å². The zero-order valence-electron chi connectivity index (χ0n) is 13.9. The highest BCUT2D eigenvalue weighted by atomic mass is 16.5. The van der Waals surface area contributed by atoms with Crippen LogP contribution < -0.4 is 0 Å². The van der Waals surface area contributed by atoms with Crippen molar-refractivity contribution >= 4 is 5.97 Å². The molecule has 0 aliphatic heterocycles. The molecule has 1 N–H and O–H groups in total. The minimum absolute atomic E-state index is 0.164. The molecule has 0 amide bonds. The number of hydrogen-bond acceptors (Lipinski definition) is 2. The van der Waals surface area contributed by atoms with E-state index in [2.05, 4.69) is 27.7 Å². The Morgan fingerprint density at radius 1 is 1.10 bits per heavy atom. The summed E-state index contributed by atoms with van der Waals surface area (Å²) in [5.74, 6) is 1.47. The van der Waals surface area contributed by atoms with Crippen molar-refractivity contribution in [3.05, 3.63) is 0 Å². The molecule has 0 aliphatic rings. The molecule has 0 aliphatic carbocycles. The van der Waals surface area contributed by atoms with Crippen molar-refractivity contribution in [3.8, 4) is 0 Å². The molecule has 0 aromatic carbocycles. The molecule has 0 aromatic heterocycles. The van der Waals surface area contributed by atoms with Gasteiger partial charge < -0.3 is 9.84 Å². The molecule has 3 nitrogen and oxygen atoms in total. The molecule has 20 heavy (non-hydrogen) atoms. The number of carboxylic acid groups (broad SMARTS) is 1. The van der Waals surface area contributed by atoms with Gasteiger partial charge in [-0.25, -0.2) is 4.79 Å². The van der Waals surface area contributed by atoms with Crippen molar-refractivity contribution in [1.82, 2.24) is 0 Å². The quantitative estimate of drug-likeness (QED) is 0.497. The maximum Gasteiger partial charge on any atom is 0.329 e. The molecule has 0 saturated heterocycles. The minimum Gasteiger partial charge on any atom is -0.480 e. The third kappa shape index (κ3) is 11.3. The van der Waals surface area contributed by atoms with Gasteiger partial charge in [0, 0.05) is 6.61 Å². The molecule has 3 unspecified atom stereocenters. The molecule has 0 aromatic rings. The first-order chi connectivity index (χ1) is 9.49. The Morgan fingerprint density at radius 2 is 1.75 bits per heavy atom. The predicted molar refractivity (Wildman–Crippen MR) is 83.9 cm³/mol. The van der Waals surface area contributed by atoms with Crippen LogP contribution in [0.3, 0.4) is 0 Å². The SMILES string of the molecule is CCCC(C)CC(CCCOCC(=O)O)CC(C)CC. The largest absolute Gasteiger partial charge is 0.480 e. The highest BCUT2D eigenvalue weighted by molar-refractivity contribution is 5.67. The van der Waals surface area contributed by atoms with Crippen molar-refractivity contribution in [2.75, 3.05) is 13.2 Å². The second-order valence-corrected chi connectivity index (χ2v) is 6.33. The molecule has 0 spiro atoms. The van der Waals surface area contributed by atoms with E-state index in [1.807, 2.05) is 0 Å². The summed E-state index contributed by atoms with van der Waals surface area (Å²) in [6.45, 7) is 9.60. The van der Waals surface area contributed by atoms with E-state index in [9.17, 15) is 4.79 Å². The van der Waals surface area contributed by atoms with Gasteiger partial charge in [-0.3, -0.25) is 0 Å². The third-order valence-corrected chi connectivity index (χ3v) is 4.08. The van der Waals surface area contributed by atoms with E-state index in [4.69, 9.17) is 9.84 Å². The molecular formula is C17H34O3. The van der Waals surface area contributed by atoms with Crippen molar-refractivity contribution < 1.29 is 14.6 Å². The van der Waals surface area contributed by atoms with Gasteiger partial charge in [-0.15, -0.1) is 0 Å². The van der Waals surface area contributed by atoms with Crippen LogP contribution in [0.5, 0.6) is 0 Å². The summed E-state index contributed by atoms with van der Waals surface area (Å²) in [6, 6.07) is 0. The van der Waals surface area contributed by atoms with Gasteiger partial charge in [-0.2, -0.15) is 0 Å². The molecule has 120 valence electrons. The average molecular weight is 286 g/mol. The summed E-state index contributed by atoms with van der Waals surface area (Å²) >= 11 is 0. The van der Waals surface area contributed by atoms with Crippen molar-refractivity contribution in [3.63, 3.8) is 0 Å². The van der Waals surface area contributed by atoms with E-state index in [0.717, 1.165) is 30.6 Å². The number of rotatable bonds is 13. The van der Waals surface area contributed by atoms with Crippen LogP contribution >= 0.6 is 0 Å². The first-order valence-electron chi connectivity index (χ1n) is 8.29. The minimum atomic E-state index is -0.877. The molecule has 0 bridgehead atoms. The number of ether oxygens (including phenoxy) is 1. The molecule has 3 atom stereocenters. The fraction of sp³-hybridized carbons (Fsp3) is 0.941. The van der Waals surface area contributed by atoms with E-state index in [1.165, 1.54) is 32.1 Å². The van der Waals surface area contributed by atoms with Crippen LogP contribution in [0.1, 0.15) is 72.6 Å². The molecule has 3 heteroatoms. The second-order valence-electron chi connectivity index (χ2n) is 6.33. The standard InChI is InChI=1S/C17H34O3/c1-5-8-15(4)12-16(11-14(3)6-2)9-7-10-20-13-17(18)19/h14-16H,5-13H2,1-4H3,(H,18,19). The Hall–Kier alpha value is -0.570. The molecule has 0 rings (SSSR count). The molecule has 0 saturated carbocycles. The Labute approximate surface area is 125 Å². The van der Waals surface area contributed by atoms with Gasteiger partial charge in [0.2, 0.25) is 0 Å². The Kier molecular flexibility index (Phi) is 11.8. The summed E-state index contributed by atoms with van der Waals surface area (Å²) in [5.41, 5.74) is 0. The van der Waals surface area contributed by atoms with Crippen LogP contribution in [0.15, 0.2) is 0 Å². The fourth-order valence-corrected chi connectivity index (χ4v) is 2.88. The predicted octanol–water partition coefficient (Wildman–Crippen LogP) is 4.75. The lowest BCUT2D eigenvalue weighted by Gasteiger charge is -2.23. The van der Waals surface area contributed by atoms with Gasteiger partial charge in [0.15, 0.2) is 0 Å². The van der Waals surface area contributed by atoms with E-state index in [0.29, 0.717) is 6.61 Å². The maximum absolute atomic E-state index is 10.4. The first-order valence-corrected chi connectivity index (χ1v) is 8.29. The lowest BCUT2D eigenvalue weighted by Crippen LogP contribution is -2.13. The van der Waals surface area contributed by atoms with Crippen LogP contribution in [-0.2, 0) is 9.53 Å². The smallest absolute Gasteiger partial charge is 0.329 e. The number of hydrogen-bond donors (Lipinski definition) is 1. The lowest BCUT2D eigenvalue weighted by atomic mass is 9.83. The molecule has 0 radical (unpaired) electrons. The molecule has 0 heterocycles. The summed E-state index contributed by atoms with van der Waals surface area (Å²) in [4.78, 5) is 10.4. The van der Waals surface area contributed by atoms with Crippen LogP contribution in [0.25, 0.3) is 0 Å². The van der Waals surface area contributed by atoms with Gasteiger partial charge >= 0.3 is 5.97 Å². The summed E-state index contributed by atoms with van der Waals surface area (Å²) < 4.78 is 5.13. The lowest BCUT2D eigenvalue weighted by molar-refractivity contribution is -0.142. The molecular weight excluding hydrogens is 252 g/mol. The van der Waals surface area contributed by atoms with Crippen molar-refractivity contribution in [2.45, 2.75) is 72.6 Å². The van der Waals surface area contributed by atoms with Gasteiger partial charge in [0.1, 0.15) is 6.61 Å². The second kappa shape index (κ2) is 12.2. The highest BCUT2D eigenvalue weighted by Gasteiger charge is 2.15. The van der Waals surface area contributed by atoms with Crippen LogP contribution in [0, 0.1) is 17.8 Å². The van der Waals surface area contributed by atoms with E-state index in [-0.39, 0.29) is 6.61 Å². The van der Waals surface area contributed by atoms with Gasteiger partial charge in [0.25, 0.3) is 0 Å². The van der Waals surface area contributed by atoms with Gasteiger partial charge in [-0.05, 0) is 43.4 Å². The zero-order chi connectivity index (χ0) is 15.4. The summed E-state index contributed by atoms with van der Waals surface area (Å²) in [5, 5.41) is 8.53. The normalized spacial score (nSPS) is 15.8. The van der Waals surface area contributed by atoms with E-state index in [1.54, 1.807) is 0 Å². The molecule has 0 fully saturated rings. The maximum atomic E-state index is 10.4. The monoisotopic (exact) mass is 286 g/mol.